The highest BCUT2D eigenvalue weighted by atomic mass is 35.5. The first-order valence-electron chi connectivity index (χ1n) is 7.60. The molecule has 0 saturated carbocycles. The Labute approximate surface area is 154 Å². The number of urea groups is 1. The molecule has 0 spiro atoms. The van der Waals surface area contributed by atoms with Gasteiger partial charge in [-0.05, 0) is 47.5 Å². The number of carbonyl (C=O) groups excluding carboxylic acids is 1. The second kappa shape index (κ2) is 8.17. The Bertz CT molecular complexity index is 919. The maximum absolute atomic E-state index is 11.1. The van der Waals surface area contributed by atoms with E-state index in [2.05, 4.69) is 32.3 Å². The number of rotatable bonds is 5. The Morgan fingerprint density at radius 1 is 1.19 bits per heavy atom. The molecule has 0 atom stereocenters. The fourth-order valence-electron chi connectivity index (χ4n) is 2.03. The highest BCUT2D eigenvalue weighted by Crippen LogP contribution is 2.16. The van der Waals surface area contributed by atoms with Crippen LogP contribution in [-0.2, 0) is 6.61 Å². The minimum absolute atomic E-state index is 0.169. The van der Waals surface area contributed by atoms with E-state index in [0.29, 0.717) is 11.6 Å². The predicted molar refractivity (Wildman–Crippen MR) is 99.8 cm³/mol. The highest BCUT2D eigenvalue weighted by Gasteiger charge is 2.13. The van der Waals surface area contributed by atoms with E-state index >= 15 is 0 Å². The summed E-state index contributed by atoms with van der Waals surface area (Å²) < 4.78 is 5.71. The van der Waals surface area contributed by atoms with Crippen LogP contribution in [-0.4, -0.2) is 18.1 Å². The van der Waals surface area contributed by atoms with Gasteiger partial charge in [-0.3, -0.25) is 5.32 Å². The molecule has 0 aliphatic carbocycles. The van der Waals surface area contributed by atoms with Gasteiger partial charge in [-0.1, -0.05) is 35.4 Å². The first-order chi connectivity index (χ1) is 12.6. The van der Waals surface area contributed by atoms with E-state index in [1.807, 2.05) is 48.5 Å². The van der Waals surface area contributed by atoms with Crippen molar-refractivity contribution < 1.29 is 9.53 Å². The Kier molecular flexibility index (Phi) is 5.50. The lowest BCUT2D eigenvalue weighted by Gasteiger charge is -2.07. The van der Waals surface area contributed by atoms with E-state index in [1.165, 1.54) is 0 Å². The normalized spacial score (nSPS) is 15.5. The van der Waals surface area contributed by atoms with Crippen molar-refractivity contribution in [2.24, 2.45) is 20.4 Å². The summed E-state index contributed by atoms with van der Waals surface area (Å²) in [6.45, 7) is 4.04. The number of benzene rings is 2. The number of carbonyl (C=O) groups is 1. The van der Waals surface area contributed by atoms with E-state index in [-0.39, 0.29) is 11.5 Å². The van der Waals surface area contributed by atoms with Crippen molar-refractivity contribution in [3.05, 3.63) is 77.0 Å². The van der Waals surface area contributed by atoms with E-state index < -0.39 is 6.03 Å². The standard InChI is InChI=1S/C18H14ClN5O2/c1-12-17(21-18(25)24-22-12)23-20-10-13-5-7-16(8-6-13)26-11-14-3-2-4-15(19)9-14/h2-10H,1,11H2,(H,21,23,25)/b20-10+. The molecule has 0 unspecified atom stereocenters. The molecule has 7 nitrogen and oxygen atoms in total. The third kappa shape index (κ3) is 4.84. The van der Waals surface area contributed by atoms with E-state index in [9.17, 15) is 4.79 Å². The predicted octanol–water partition coefficient (Wildman–Crippen LogP) is 4.34. The zero-order valence-electron chi connectivity index (χ0n) is 13.6. The molecule has 1 aliphatic heterocycles. The molecule has 130 valence electrons. The van der Waals surface area contributed by atoms with Crippen LogP contribution in [0.4, 0.5) is 4.79 Å². The van der Waals surface area contributed by atoms with Gasteiger partial charge in [0, 0.05) is 5.02 Å². The number of hydrogen-bond donors (Lipinski definition) is 1. The van der Waals surface area contributed by atoms with Crippen molar-refractivity contribution in [1.82, 2.24) is 5.32 Å². The fourth-order valence-corrected chi connectivity index (χ4v) is 2.24. The lowest BCUT2D eigenvalue weighted by molar-refractivity contribution is 0.251. The lowest BCUT2D eigenvalue weighted by Crippen LogP contribution is -2.31. The van der Waals surface area contributed by atoms with Gasteiger partial charge >= 0.3 is 6.03 Å². The Morgan fingerprint density at radius 2 is 2.00 bits per heavy atom. The average molecular weight is 368 g/mol. The number of nitrogens with zero attached hydrogens (tertiary/aromatic N) is 4. The van der Waals surface area contributed by atoms with Gasteiger partial charge in [-0.15, -0.1) is 10.2 Å². The topological polar surface area (TPSA) is 87.8 Å². The van der Waals surface area contributed by atoms with Gasteiger partial charge in [0.1, 0.15) is 18.1 Å². The maximum Gasteiger partial charge on any atom is 0.365 e. The van der Waals surface area contributed by atoms with Crippen molar-refractivity contribution in [3.8, 4) is 5.75 Å². The first-order valence-corrected chi connectivity index (χ1v) is 7.98. The number of nitrogens with one attached hydrogen (secondary N) is 1. The molecule has 0 fully saturated rings. The Hall–Kier alpha value is -3.32. The first kappa shape index (κ1) is 17.5. The van der Waals surface area contributed by atoms with Gasteiger partial charge in [-0.2, -0.15) is 5.10 Å². The van der Waals surface area contributed by atoms with Crippen LogP contribution in [0, 0.1) is 0 Å². The summed E-state index contributed by atoms with van der Waals surface area (Å²) >= 11 is 5.95. The van der Waals surface area contributed by atoms with Gasteiger partial charge < -0.3 is 4.74 Å². The van der Waals surface area contributed by atoms with Gasteiger partial charge in [-0.25, -0.2) is 4.79 Å². The molecule has 1 N–H and O–H groups in total. The van der Waals surface area contributed by atoms with E-state index in [0.717, 1.165) is 16.9 Å². The van der Waals surface area contributed by atoms with Gasteiger partial charge in [0.25, 0.3) is 0 Å². The van der Waals surface area contributed by atoms with Crippen LogP contribution in [0.5, 0.6) is 5.75 Å². The van der Waals surface area contributed by atoms with Crippen molar-refractivity contribution >= 4 is 29.7 Å². The quantitative estimate of drug-likeness (QED) is 0.629. The zero-order valence-corrected chi connectivity index (χ0v) is 14.3. The minimum Gasteiger partial charge on any atom is -0.489 e. The smallest absolute Gasteiger partial charge is 0.365 e. The van der Waals surface area contributed by atoms with Crippen molar-refractivity contribution in [3.63, 3.8) is 0 Å². The van der Waals surface area contributed by atoms with Crippen LogP contribution >= 0.6 is 11.6 Å². The summed E-state index contributed by atoms with van der Waals surface area (Å²) in [5.41, 5.74) is 2.05. The van der Waals surface area contributed by atoms with Crippen molar-refractivity contribution in [1.29, 1.82) is 0 Å². The van der Waals surface area contributed by atoms with E-state index in [1.54, 1.807) is 6.21 Å². The summed E-state index contributed by atoms with van der Waals surface area (Å²) in [5, 5.41) is 17.7. The average Bonchev–Trinajstić information content (AvgIpc) is 2.64. The molecule has 26 heavy (non-hydrogen) atoms. The number of amidine groups is 1. The number of hydrogen-bond acceptors (Lipinski definition) is 5. The molecule has 1 aliphatic rings. The second-order valence-electron chi connectivity index (χ2n) is 5.26. The van der Waals surface area contributed by atoms with Crippen molar-refractivity contribution in [2.75, 3.05) is 0 Å². The Morgan fingerprint density at radius 3 is 2.77 bits per heavy atom. The summed E-state index contributed by atoms with van der Waals surface area (Å²) in [5.74, 6) is 0.893. The minimum atomic E-state index is -0.604. The number of azo groups is 1. The number of ether oxygens (including phenoxy) is 1. The van der Waals surface area contributed by atoms with Gasteiger partial charge in [0.15, 0.2) is 5.84 Å². The molecule has 8 heteroatoms. The second-order valence-corrected chi connectivity index (χ2v) is 5.69. The molecule has 1 heterocycles. The van der Waals surface area contributed by atoms with Gasteiger partial charge in [0.05, 0.1) is 6.21 Å². The molecule has 2 aromatic rings. The largest absolute Gasteiger partial charge is 0.489 e. The summed E-state index contributed by atoms with van der Waals surface area (Å²) in [7, 11) is 0. The van der Waals surface area contributed by atoms with Crippen LogP contribution in [0.25, 0.3) is 0 Å². The van der Waals surface area contributed by atoms with Crippen LogP contribution in [0.15, 0.2) is 81.2 Å². The zero-order chi connectivity index (χ0) is 18.4. The summed E-state index contributed by atoms with van der Waals surface area (Å²) in [6.07, 6.45) is 1.54. The molecule has 3 rings (SSSR count). The van der Waals surface area contributed by atoms with Crippen LogP contribution in [0.2, 0.25) is 5.02 Å². The highest BCUT2D eigenvalue weighted by molar-refractivity contribution is 6.30. The van der Waals surface area contributed by atoms with E-state index in [4.69, 9.17) is 16.3 Å². The van der Waals surface area contributed by atoms with Crippen LogP contribution in [0.1, 0.15) is 11.1 Å². The molecular formula is C18H14ClN5O2. The lowest BCUT2D eigenvalue weighted by atomic mass is 10.2. The molecule has 0 aromatic heterocycles. The van der Waals surface area contributed by atoms with Crippen LogP contribution < -0.4 is 10.1 Å². The Balaban J connectivity index is 1.58. The van der Waals surface area contributed by atoms with Crippen LogP contribution in [0.3, 0.4) is 0 Å². The molecule has 2 amide bonds. The monoisotopic (exact) mass is 367 g/mol. The fraction of sp³-hybridized carbons (Fsp3) is 0.0556. The van der Waals surface area contributed by atoms with Gasteiger partial charge in [0.2, 0.25) is 0 Å². The summed E-state index contributed by atoms with van der Waals surface area (Å²) in [6, 6.07) is 14.2. The molecular weight excluding hydrogens is 354 g/mol. The molecule has 0 radical (unpaired) electrons. The molecule has 0 bridgehead atoms. The molecule has 2 aromatic carbocycles. The number of amides is 2. The number of halogens is 1. The summed E-state index contributed by atoms with van der Waals surface area (Å²) in [4.78, 5) is 11.1. The maximum atomic E-state index is 11.1. The third-order valence-electron chi connectivity index (χ3n) is 3.30. The third-order valence-corrected chi connectivity index (χ3v) is 3.53. The SMILES string of the molecule is C=C1N=NC(=O)N/C1=N/N=C/c1ccc(OCc2cccc(Cl)c2)cc1. The van der Waals surface area contributed by atoms with Crippen molar-refractivity contribution in [2.45, 2.75) is 6.61 Å². The molecule has 0 saturated heterocycles.